The number of hydrogen-bond acceptors (Lipinski definition) is 5. The topological polar surface area (TPSA) is 71.6 Å². The molecule has 6 nitrogen and oxygen atoms in total. The van der Waals surface area contributed by atoms with E-state index in [0.29, 0.717) is 36.7 Å². The molecule has 2 heterocycles. The van der Waals surface area contributed by atoms with Crippen molar-refractivity contribution in [3.8, 4) is 0 Å². The monoisotopic (exact) mass is 326 g/mol. The summed E-state index contributed by atoms with van der Waals surface area (Å²) < 4.78 is 2.21. The van der Waals surface area contributed by atoms with E-state index in [-0.39, 0.29) is 17.3 Å². The van der Waals surface area contributed by atoms with E-state index in [4.69, 9.17) is 17.4 Å². The van der Waals surface area contributed by atoms with Crippen LogP contribution in [0.25, 0.3) is 10.2 Å². The fraction of sp³-hybridized carbons (Fsp3) is 0.385. The second-order valence-electron chi connectivity index (χ2n) is 4.96. The molecule has 1 aliphatic rings. The lowest BCUT2D eigenvalue weighted by Gasteiger charge is -2.32. The van der Waals surface area contributed by atoms with Gasteiger partial charge in [-0.25, -0.2) is 5.01 Å². The Morgan fingerprint density at radius 1 is 1.29 bits per heavy atom. The summed E-state index contributed by atoms with van der Waals surface area (Å²) in [7, 11) is 0. The molecular weight excluding hydrogens is 312 g/mol. The van der Waals surface area contributed by atoms with Gasteiger partial charge >= 0.3 is 4.87 Å². The minimum absolute atomic E-state index is 0.0454. The van der Waals surface area contributed by atoms with Crippen LogP contribution in [0.1, 0.15) is 0 Å². The molecule has 1 saturated heterocycles. The number of amides is 1. The van der Waals surface area contributed by atoms with E-state index in [1.165, 1.54) is 4.57 Å². The molecule has 112 valence electrons. The van der Waals surface area contributed by atoms with Crippen molar-refractivity contribution in [2.24, 2.45) is 5.84 Å². The van der Waals surface area contributed by atoms with E-state index in [2.05, 4.69) is 0 Å². The van der Waals surface area contributed by atoms with Gasteiger partial charge in [-0.15, -0.1) is 0 Å². The molecule has 0 spiro atoms. The number of nitrogens with two attached hydrogens (primary N) is 1. The van der Waals surface area contributed by atoms with E-state index < -0.39 is 0 Å². The average molecular weight is 327 g/mol. The Balaban J connectivity index is 1.85. The smallest absolute Gasteiger partial charge is 0.308 e. The Labute approximate surface area is 130 Å². The number of hydrogen-bond donors (Lipinski definition) is 1. The van der Waals surface area contributed by atoms with Gasteiger partial charge in [0.05, 0.1) is 15.2 Å². The number of nitrogens with zero attached hydrogens (tertiary/aromatic N) is 3. The molecule has 1 aromatic heterocycles. The number of aromatic nitrogens is 1. The van der Waals surface area contributed by atoms with E-state index in [1.54, 1.807) is 22.0 Å². The lowest BCUT2D eigenvalue weighted by atomic mass is 10.3. The summed E-state index contributed by atoms with van der Waals surface area (Å²) in [6.45, 7) is 2.53. The van der Waals surface area contributed by atoms with Crippen LogP contribution >= 0.6 is 22.9 Å². The molecule has 0 bridgehead atoms. The highest BCUT2D eigenvalue weighted by Crippen LogP contribution is 2.25. The molecule has 1 aliphatic heterocycles. The van der Waals surface area contributed by atoms with Crippen LogP contribution in [0.3, 0.4) is 0 Å². The molecule has 0 unspecified atom stereocenters. The van der Waals surface area contributed by atoms with Gasteiger partial charge in [-0.2, -0.15) is 0 Å². The molecule has 0 radical (unpaired) electrons. The van der Waals surface area contributed by atoms with Crippen molar-refractivity contribution < 1.29 is 4.79 Å². The molecule has 3 rings (SSSR count). The van der Waals surface area contributed by atoms with Gasteiger partial charge in [0.15, 0.2) is 0 Å². The maximum Gasteiger partial charge on any atom is 0.308 e. The minimum Gasteiger partial charge on any atom is -0.338 e. The Bertz CT molecular complexity index is 733. The third-order valence-electron chi connectivity index (χ3n) is 3.61. The first-order valence-electron chi connectivity index (χ1n) is 6.61. The van der Waals surface area contributed by atoms with Gasteiger partial charge in [-0.3, -0.25) is 20.0 Å². The van der Waals surface area contributed by atoms with Crippen molar-refractivity contribution in [2.45, 2.75) is 6.54 Å². The Kier molecular flexibility index (Phi) is 3.99. The quantitative estimate of drug-likeness (QED) is 0.826. The van der Waals surface area contributed by atoms with Crippen molar-refractivity contribution in [3.05, 3.63) is 32.9 Å². The van der Waals surface area contributed by atoms with Gasteiger partial charge in [0, 0.05) is 26.2 Å². The van der Waals surface area contributed by atoms with Gasteiger partial charge in [-0.1, -0.05) is 29.0 Å². The van der Waals surface area contributed by atoms with E-state index in [0.717, 1.165) is 16.0 Å². The van der Waals surface area contributed by atoms with Crippen LogP contribution in [0.15, 0.2) is 23.0 Å². The van der Waals surface area contributed by atoms with Crippen molar-refractivity contribution in [2.75, 3.05) is 26.2 Å². The van der Waals surface area contributed by atoms with Crippen molar-refractivity contribution >= 4 is 39.1 Å². The van der Waals surface area contributed by atoms with Crippen LogP contribution in [0.4, 0.5) is 0 Å². The average Bonchev–Trinajstić information content (AvgIpc) is 2.78. The van der Waals surface area contributed by atoms with E-state index in [9.17, 15) is 9.59 Å². The highest BCUT2D eigenvalue weighted by Gasteiger charge is 2.21. The number of benzene rings is 1. The maximum absolute atomic E-state index is 12.3. The van der Waals surface area contributed by atoms with Crippen LogP contribution in [0.2, 0.25) is 5.02 Å². The standard InChI is InChI=1S/C13H15ClN4O2S/c14-9-2-1-3-10-12(9)21-13(20)18(10)8-11(19)16-4-6-17(15)7-5-16/h1-3H,4-8,15H2. The summed E-state index contributed by atoms with van der Waals surface area (Å²) >= 11 is 7.16. The fourth-order valence-corrected chi connectivity index (χ4v) is 3.59. The van der Waals surface area contributed by atoms with Crippen molar-refractivity contribution in [3.63, 3.8) is 0 Å². The summed E-state index contributed by atoms with van der Waals surface area (Å²) in [5, 5.41) is 2.23. The Morgan fingerprint density at radius 2 is 2.00 bits per heavy atom. The van der Waals surface area contributed by atoms with Crippen LogP contribution < -0.4 is 10.7 Å². The lowest BCUT2D eigenvalue weighted by molar-refractivity contribution is -0.133. The summed E-state index contributed by atoms with van der Waals surface area (Å²) in [6, 6.07) is 5.33. The molecule has 1 fully saturated rings. The molecule has 2 N–H and O–H groups in total. The number of carbonyl (C=O) groups is 1. The number of carbonyl (C=O) groups excluding carboxylic acids is 1. The van der Waals surface area contributed by atoms with Gasteiger partial charge in [0.1, 0.15) is 6.54 Å². The zero-order chi connectivity index (χ0) is 15.0. The second-order valence-corrected chi connectivity index (χ2v) is 6.33. The van der Waals surface area contributed by atoms with Crippen molar-refractivity contribution in [1.82, 2.24) is 14.5 Å². The van der Waals surface area contributed by atoms with E-state index in [1.807, 2.05) is 6.07 Å². The third kappa shape index (κ3) is 2.82. The highest BCUT2D eigenvalue weighted by molar-refractivity contribution is 7.17. The zero-order valence-corrected chi connectivity index (χ0v) is 12.9. The first kappa shape index (κ1) is 14.5. The predicted molar refractivity (Wildman–Crippen MR) is 83.4 cm³/mol. The number of halogens is 1. The number of hydrazine groups is 1. The largest absolute Gasteiger partial charge is 0.338 e. The first-order chi connectivity index (χ1) is 10.1. The number of piperazine rings is 1. The third-order valence-corrected chi connectivity index (χ3v) is 5.06. The molecule has 0 saturated carbocycles. The van der Waals surface area contributed by atoms with Gasteiger partial charge in [0.25, 0.3) is 0 Å². The van der Waals surface area contributed by atoms with Gasteiger partial charge in [0.2, 0.25) is 5.91 Å². The first-order valence-corrected chi connectivity index (χ1v) is 7.81. The fourth-order valence-electron chi connectivity index (χ4n) is 2.41. The SMILES string of the molecule is NN1CCN(C(=O)Cn2c(=O)sc3c(Cl)cccc32)CC1. The van der Waals surface area contributed by atoms with Crippen LogP contribution in [0.5, 0.6) is 0 Å². The summed E-state index contributed by atoms with van der Waals surface area (Å²) in [5.74, 6) is 5.61. The molecule has 2 aromatic rings. The predicted octanol–water partition coefficient (Wildman–Crippen LogP) is 0.734. The molecule has 21 heavy (non-hydrogen) atoms. The zero-order valence-electron chi connectivity index (χ0n) is 11.3. The minimum atomic E-state index is -0.163. The lowest BCUT2D eigenvalue weighted by Crippen LogP contribution is -2.52. The normalized spacial score (nSPS) is 16.6. The highest BCUT2D eigenvalue weighted by atomic mass is 35.5. The van der Waals surface area contributed by atoms with Crippen LogP contribution in [-0.4, -0.2) is 46.6 Å². The number of thiazole rings is 1. The summed E-state index contributed by atoms with van der Waals surface area (Å²) in [6.07, 6.45) is 0. The molecule has 0 atom stereocenters. The molecule has 8 heteroatoms. The second kappa shape index (κ2) is 5.76. The Morgan fingerprint density at radius 3 is 2.71 bits per heavy atom. The number of fused-ring (bicyclic) bond motifs is 1. The summed E-state index contributed by atoms with van der Waals surface area (Å²) in [5.41, 5.74) is 0.711. The number of rotatable bonds is 2. The molecular formula is C13H15ClN4O2S. The van der Waals surface area contributed by atoms with Gasteiger partial charge in [-0.05, 0) is 12.1 Å². The molecule has 1 aromatic carbocycles. The molecule has 0 aliphatic carbocycles. The van der Waals surface area contributed by atoms with Gasteiger partial charge < -0.3 is 4.90 Å². The summed E-state index contributed by atoms with van der Waals surface area (Å²) in [4.78, 5) is 26.0. The molecule has 1 amide bonds. The Hall–Kier alpha value is -1.41. The van der Waals surface area contributed by atoms with Crippen molar-refractivity contribution in [1.29, 1.82) is 0 Å². The van der Waals surface area contributed by atoms with Crippen LogP contribution in [-0.2, 0) is 11.3 Å². The maximum atomic E-state index is 12.3. The van der Waals surface area contributed by atoms with Crippen LogP contribution in [0, 0.1) is 0 Å². The van der Waals surface area contributed by atoms with E-state index >= 15 is 0 Å².